The van der Waals surface area contributed by atoms with Crippen molar-refractivity contribution in [3.8, 4) is 11.5 Å². The topological polar surface area (TPSA) is 18.5 Å². The van der Waals surface area contributed by atoms with Gasteiger partial charge < -0.3 is 9.47 Å². The Labute approximate surface area is 147 Å². The van der Waals surface area contributed by atoms with Gasteiger partial charge in [0.25, 0.3) is 0 Å². The van der Waals surface area contributed by atoms with Crippen molar-refractivity contribution in [1.29, 1.82) is 0 Å². The van der Waals surface area contributed by atoms with Gasteiger partial charge in [-0.3, -0.25) is 0 Å². The second kappa shape index (κ2) is 7.71. The number of hydrogen-bond donors (Lipinski definition) is 0. The summed E-state index contributed by atoms with van der Waals surface area (Å²) in [6.07, 6.45) is 7.84. The second-order valence-corrected chi connectivity index (χ2v) is 7.05. The van der Waals surface area contributed by atoms with Gasteiger partial charge in [-0.25, -0.2) is 0 Å². The Balaban J connectivity index is 1.71. The normalized spacial score (nSPS) is 18.9. The minimum absolute atomic E-state index is 0.00578. The first-order valence-corrected chi connectivity index (χ1v) is 9.14. The van der Waals surface area contributed by atoms with E-state index < -0.39 is 6.36 Å². The Hall–Kier alpha value is -1.65. The average Bonchev–Trinajstić information content (AvgIpc) is 2.44. The molecule has 25 heavy (non-hydrogen) atoms. The molecule has 0 atom stereocenters. The predicted octanol–water partition coefficient (Wildman–Crippen LogP) is 6.11. The summed E-state index contributed by atoms with van der Waals surface area (Å²) in [4.78, 5) is 0. The zero-order valence-electron chi connectivity index (χ0n) is 14.6. The summed E-state index contributed by atoms with van der Waals surface area (Å²) in [6.45, 7) is 1.68. The molecule has 0 radical (unpaired) electrons. The van der Waals surface area contributed by atoms with Crippen LogP contribution in [0.25, 0.3) is 0 Å². The van der Waals surface area contributed by atoms with Gasteiger partial charge in [0.05, 0.1) is 6.10 Å². The first-order chi connectivity index (χ1) is 11.9. The third-order valence-electron chi connectivity index (χ3n) is 5.18. The molecule has 1 aromatic rings. The lowest BCUT2D eigenvalue weighted by Crippen LogP contribution is -2.26. The zero-order chi connectivity index (χ0) is 17.9. The van der Waals surface area contributed by atoms with Gasteiger partial charge in [0, 0.05) is 0 Å². The van der Waals surface area contributed by atoms with Crippen LogP contribution in [0.2, 0.25) is 0 Å². The smallest absolute Gasteiger partial charge is 0.487 e. The van der Waals surface area contributed by atoms with E-state index >= 15 is 0 Å². The van der Waals surface area contributed by atoms with E-state index in [-0.39, 0.29) is 17.6 Å². The number of hydrogen-bond acceptors (Lipinski definition) is 2. The predicted molar refractivity (Wildman–Crippen MR) is 90.9 cm³/mol. The zero-order valence-corrected chi connectivity index (χ0v) is 14.6. The Kier molecular flexibility index (Phi) is 5.60. The Morgan fingerprint density at radius 3 is 2.40 bits per heavy atom. The highest BCUT2D eigenvalue weighted by atomic mass is 19.4. The van der Waals surface area contributed by atoms with Gasteiger partial charge in [0.2, 0.25) is 0 Å². The van der Waals surface area contributed by atoms with Crippen molar-refractivity contribution in [2.24, 2.45) is 5.92 Å². The highest BCUT2D eigenvalue weighted by molar-refractivity contribution is 5.50. The number of ether oxygens (including phenoxy) is 2. The van der Waals surface area contributed by atoms with Crippen LogP contribution < -0.4 is 9.47 Å². The van der Waals surface area contributed by atoms with Crippen molar-refractivity contribution in [2.75, 3.05) is 0 Å². The molecular weight excluding hydrogens is 329 g/mol. The second-order valence-electron chi connectivity index (χ2n) is 7.05. The minimum Gasteiger partial charge on any atom is -0.487 e. The van der Waals surface area contributed by atoms with Crippen LogP contribution in [0.15, 0.2) is 24.3 Å². The molecule has 3 rings (SSSR count). The lowest BCUT2D eigenvalue weighted by molar-refractivity contribution is -0.275. The molecule has 1 aromatic carbocycles. The number of halogens is 3. The van der Waals surface area contributed by atoms with Gasteiger partial charge in [-0.1, -0.05) is 24.6 Å². The Bertz CT molecular complexity index is 614. The van der Waals surface area contributed by atoms with Crippen LogP contribution >= 0.6 is 0 Å². The van der Waals surface area contributed by atoms with Crippen molar-refractivity contribution in [1.82, 2.24) is 0 Å². The molecule has 0 N–H and O–H groups in total. The van der Waals surface area contributed by atoms with Crippen molar-refractivity contribution in [2.45, 2.75) is 70.8 Å². The van der Waals surface area contributed by atoms with Crippen LogP contribution in [0.3, 0.4) is 0 Å². The van der Waals surface area contributed by atoms with E-state index in [0.29, 0.717) is 17.9 Å². The van der Waals surface area contributed by atoms with Crippen LogP contribution in [0.5, 0.6) is 11.5 Å². The number of rotatable bonds is 7. The summed E-state index contributed by atoms with van der Waals surface area (Å²) < 4.78 is 48.5. The SMILES string of the molecule is Cc1c(CC/C=C/C2CCC2)ccc(OC2CCC2)c1OC(F)(F)F. The molecule has 2 fully saturated rings. The molecule has 0 unspecified atom stereocenters. The molecule has 5 heteroatoms. The molecule has 0 spiro atoms. The first-order valence-electron chi connectivity index (χ1n) is 9.14. The largest absolute Gasteiger partial charge is 0.573 e. The maximum absolute atomic E-state index is 12.8. The summed E-state index contributed by atoms with van der Waals surface area (Å²) in [5.74, 6) is 0.719. The number of alkyl halides is 3. The van der Waals surface area contributed by atoms with Crippen molar-refractivity contribution >= 4 is 0 Å². The lowest BCUT2D eigenvalue weighted by atomic mass is 9.85. The summed E-state index contributed by atoms with van der Waals surface area (Å²) in [6, 6.07) is 3.49. The fraction of sp³-hybridized carbons (Fsp3) is 0.600. The van der Waals surface area contributed by atoms with Crippen LogP contribution in [0, 0.1) is 12.8 Å². The fourth-order valence-corrected chi connectivity index (χ4v) is 3.14. The summed E-state index contributed by atoms with van der Waals surface area (Å²) in [5.41, 5.74) is 1.39. The lowest BCUT2D eigenvalue weighted by Gasteiger charge is -2.28. The third-order valence-corrected chi connectivity index (χ3v) is 5.18. The maximum Gasteiger partial charge on any atom is 0.573 e. The summed E-state index contributed by atoms with van der Waals surface area (Å²) in [5, 5.41) is 0. The molecule has 2 aliphatic rings. The molecule has 0 aromatic heterocycles. The van der Waals surface area contributed by atoms with Crippen molar-refractivity contribution < 1.29 is 22.6 Å². The monoisotopic (exact) mass is 354 g/mol. The molecule has 0 aliphatic heterocycles. The molecular formula is C20H25F3O2. The highest BCUT2D eigenvalue weighted by Gasteiger charge is 2.34. The number of benzene rings is 1. The fourth-order valence-electron chi connectivity index (χ4n) is 3.14. The number of allylic oxidation sites excluding steroid dienone is 2. The van der Waals surface area contributed by atoms with E-state index in [9.17, 15) is 13.2 Å². The summed E-state index contributed by atoms with van der Waals surface area (Å²) >= 11 is 0. The van der Waals surface area contributed by atoms with Gasteiger partial charge in [0.15, 0.2) is 11.5 Å². The van der Waals surface area contributed by atoms with Crippen molar-refractivity contribution in [3.05, 3.63) is 35.4 Å². The van der Waals surface area contributed by atoms with Gasteiger partial charge in [0.1, 0.15) is 0 Å². The van der Waals surface area contributed by atoms with Gasteiger partial charge in [-0.15, -0.1) is 13.2 Å². The van der Waals surface area contributed by atoms with Crippen LogP contribution in [0.1, 0.15) is 56.1 Å². The Morgan fingerprint density at radius 2 is 1.84 bits per heavy atom. The average molecular weight is 354 g/mol. The molecule has 0 amide bonds. The maximum atomic E-state index is 12.8. The van der Waals surface area contributed by atoms with Gasteiger partial charge in [-0.2, -0.15) is 0 Å². The molecule has 0 heterocycles. The van der Waals surface area contributed by atoms with Crippen LogP contribution in [-0.2, 0) is 6.42 Å². The molecule has 138 valence electrons. The standard InChI is InChI=1S/C20H25F3O2/c1-14-16(9-3-2-6-15-7-4-8-15)12-13-18(24-17-10-5-11-17)19(14)25-20(21,22)23/h2,6,12-13,15,17H,3-5,7-11H2,1H3/b6-2+. The first kappa shape index (κ1) is 18.2. The summed E-state index contributed by atoms with van der Waals surface area (Å²) in [7, 11) is 0. The molecule has 2 saturated carbocycles. The van der Waals surface area contributed by atoms with Gasteiger partial charge in [-0.05, 0) is 75.0 Å². The van der Waals surface area contributed by atoms with E-state index in [1.807, 2.05) is 6.07 Å². The third kappa shape index (κ3) is 4.93. The highest BCUT2D eigenvalue weighted by Crippen LogP contribution is 2.39. The van der Waals surface area contributed by atoms with E-state index in [0.717, 1.165) is 31.2 Å². The quantitative estimate of drug-likeness (QED) is 0.550. The number of aryl methyl sites for hydroxylation is 1. The van der Waals surface area contributed by atoms with Crippen LogP contribution in [0.4, 0.5) is 13.2 Å². The Morgan fingerprint density at radius 1 is 1.12 bits per heavy atom. The van der Waals surface area contributed by atoms with Crippen molar-refractivity contribution in [3.63, 3.8) is 0 Å². The van der Waals surface area contributed by atoms with E-state index in [2.05, 4.69) is 16.9 Å². The molecule has 0 saturated heterocycles. The van der Waals surface area contributed by atoms with Gasteiger partial charge >= 0.3 is 6.36 Å². The molecule has 0 bridgehead atoms. The van der Waals surface area contributed by atoms with E-state index in [1.54, 1.807) is 13.0 Å². The minimum atomic E-state index is -4.72. The van der Waals surface area contributed by atoms with Crippen LogP contribution in [-0.4, -0.2) is 12.5 Å². The van der Waals surface area contributed by atoms with E-state index in [4.69, 9.17) is 4.74 Å². The molecule has 2 aliphatic carbocycles. The van der Waals surface area contributed by atoms with E-state index in [1.165, 1.54) is 19.3 Å². The molecule has 2 nitrogen and oxygen atoms in total.